The summed E-state index contributed by atoms with van der Waals surface area (Å²) in [6.45, 7) is 2.96. The second kappa shape index (κ2) is 6.50. The third kappa shape index (κ3) is 3.15. The van der Waals surface area contributed by atoms with Crippen molar-refractivity contribution < 1.29 is 9.59 Å². The standard InChI is InChI=1S/C16H24N4O2/c1-11-14(19-10-18-11)8-17-16(22)12-6-7-15(21)20(9-12)13-4-2-3-5-13/h10,12-13H,2-9H2,1H3,(H,17,22)(H,18,19)/t12-/m0/s1. The van der Waals surface area contributed by atoms with Gasteiger partial charge in [-0.05, 0) is 26.2 Å². The minimum Gasteiger partial charge on any atom is -0.350 e. The number of likely N-dealkylation sites (tertiary alicyclic amines) is 1. The van der Waals surface area contributed by atoms with E-state index in [2.05, 4.69) is 15.3 Å². The fraction of sp³-hybridized carbons (Fsp3) is 0.688. The molecule has 0 radical (unpaired) electrons. The van der Waals surface area contributed by atoms with Gasteiger partial charge in [-0.1, -0.05) is 12.8 Å². The van der Waals surface area contributed by atoms with Crippen LogP contribution < -0.4 is 5.32 Å². The SMILES string of the molecule is Cc1[nH]cnc1CNC(=O)[C@H]1CCC(=O)N(C2CCCC2)C1. The summed E-state index contributed by atoms with van der Waals surface area (Å²) in [5.74, 6) is 0.176. The van der Waals surface area contributed by atoms with Crippen molar-refractivity contribution >= 4 is 11.8 Å². The first-order chi connectivity index (χ1) is 10.6. The van der Waals surface area contributed by atoms with Gasteiger partial charge in [-0.25, -0.2) is 4.98 Å². The normalized spacial score (nSPS) is 23.0. The quantitative estimate of drug-likeness (QED) is 0.885. The van der Waals surface area contributed by atoms with Crippen molar-refractivity contribution in [3.05, 3.63) is 17.7 Å². The van der Waals surface area contributed by atoms with Crippen LogP contribution in [0.4, 0.5) is 0 Å². The molecular formula is C16H24N4O2. The molecular weight excluding hydrogens is 280 g/mol. The molecule has 22 heavy (non-hydrogen) atoms. The molecule has 0 spiro atoms. The Morgan fingerprint density at radius 3 is 2.86 bits per heavy atom. The topological polar surface area (TPSA) is 78.1 Å². The van der Waals surface area contributed by atoms with Crippen molar-refractivity contribution in [3.8, 4) is 0 Å². The lowest BCUT2D eigenvalue weighted by molar-refractivity contribution is -0.140. The zero-order valence-electron chi connectivity index (χ0n) is 13.1. The largest absolute Gasteiger partial charge is 0.350 e. The third-order valence-corrected chi connectivity index (χ3v) is 4.94. The summed E-state index contributed by atoms with van der Waals surface area (Å²) >= 11 is 0. The number of imidazole rings is 1. The van der Waals surface area contributed by atoms with Crippen LogP contribution in [0.25, 0.3) is 0 Å². The maximum absolute atomic E-state index is 12.4. The molecule has 1 aliphatic carbocycles. The van der Waals surface area contributed by atoms with E-state index < -0.39 is 0 Å². The van der Waals surface area contributed by atoms with Crippen LogP contribution in [0.3, 0.4) is 0 Å². The maximum Gasteiger partial charge on any atom is 0.225 e. The van der Waals surface area contributed by atoms with E-state index in [4.69, 9.17) is 0 Å². The van der Waals surface area contributed by atoms with Crippen LogP contribution >= 0.6 is 0 Å². The van der Waals surface area contributed by atoms with Crippen molar-refractivity contribution in [1.82, 2.24) is 20.2 Å². The third-order valence-electron chi connectivity index (χ3n) is 4.94. The fourth-order valence-electron chi connectivity index (χ4n) is 3.54. The zero-order chi connectivity index (χ0) is 15.5. The van der Waals surface area contributed by atoms with Gasteiger partial charge in [-0.15, -0.1) is 0 Å². The van der Waals surface area contributed by atoms with Crippen molar-refractivity contribution in [2.45, 2.75) is 58.0 Å². The number of hydrogen-bond acceptors (Lipinski definition) is 3. The number of piperidine rings is 1. The second-order valence-corrected chi connectivity index (χ2v) is 6.41. The summed E-state index contributed by atoms with van der Waals surface area (Å²) in [6.07, 6.45) is 7.37. The second-order valence-electron chi connectivity index (χ2n) is 6.41. The van der Waals surface area contributed by atoms with Gasteiger partial charge in [0.05, 0.1) is 24.5 Å². The van der Waals surface area contributed by atoms with Crippen molar-refractivity contribution in [3.63, 3.8) is 0 Å². The van der Waals surface area contributed by atoms with E-state index in [-0.39, 0.29) is 17.7 Å². The van der Waals surface area contributed by atoms with Gasteiger partial charge in [0.25, 0.3) is 0 Å². The van der Waals surface area contributed by atoms with E-state index in [0.717, 1.165) is 24.2 Å². The van der Waals surface area contributed by atoms with E-state index in [1.807, 2.05) is 11.8 Å². The molecule has 2 fully saturated rings. The summed E-state index contributed by atoms with van der Waals surface area (Å²) in [4.78, 5) is 33.7. The van der Waals surface area contributed by atoms with Crippen LogP contribution in [0.5, 0.6) is 0 Å². The highest BCUT2D eigenvalue weighted by atomic mass is 16.2. The highest BCUT2D eigenvalue weighted by Crippen LogP contribution is 2.28. The first-order valence-corrected chi connectivity index (χ1v) is 8.21. The van der Waals surface area contributed by atoms with E-state index in [1.54, 1.807) is 6.33 Å². The van der Waals surface area contributed by atoms with E-state index in [0.29, 0.717) is 32.0 Å². The number of nitrogens with one attached hydrogen (secondary N) is 2. The van der Waals surface area contributed by atoms with Gasteiger partial charge in [0.15, 0.2) is 0 Å². The number of nitrogens with zero attached hydrogens (tertiary/aromatic N) is 2. The Morgan fingerprint density at radius 1 is 1.41 bits per heavy atom. The van der Waals surface area contributed by atoms with Gasteiger partial charge in [-0.3, -0.25) is 9.59 Å². The molecule has 6 nitrogen and oxygen atoms in total. The smallest absolute Gasteiger partial charge is 0.225 e. The average Bonchev–Trinajstić information content (AvgIpc) is 3.17. The number of aromatic nitrogens is 2. The molecule has 2 N–H and O–H groups in total. The predicted octanol–water partition coefficient (Wildman–Crippen LogP) is 1.52. The molecule has 1 atom stereocenters. The molecule has 0 aromatic carbocycles. The van der Waals surface area contributed by atoms with E-state index in [9.17, 15) is 9.59 Å². The van der Waals surface area contributed by atoms with Gasteiger partial charge in [0.2, 0.25) is 11.8 Å². The zero-order valence-corrected chi connectivity index (χ0v) is 13.1. The lowest BCUT2D eigenvalue weighted by atomic mass is 9.95. The summed E-state index contributed by atoms with van der Waals surface area (Å²) in [5, 5.41) is 2.96. The van der Waals surface area contributed by atoms with Crippen LogP contribution in [0.15, 0.2) is 6.33 Å². The summed E-state index contributed by atoms with van der Waals surface area (Å²) in [6, 6.07) is 0.358. The lowest BCUT2D eigenvalue weighted by Crippen LogP contribution is -2.49. The monoisotopic (exact) mass is 304 g/mol. The van der Waals surface area contributed by atoms with Gasteiger partial charge in [0, 0.05) is 24.7 Å². The van der Waals surface area contributed by atoms with Crippen LogP contribution in [-0.4, -0.2) is 39.3 Å². The minimum absolute atomic E-state index is 0.0397. The number of amides is 2. The van der Waals surface area contributed by atoms with Crippen molar-refractivity contribution in [2.75, 3.05) is 6.54 Å². The molecule has 3 rings (SSSR count). The van der Waals surface area contributed by atoms with E-state index >= 15 is 0 Å². The summed E-state index contributed by atoms with van der Waals surface area (Å²) in [5.41, 5.74) is 1.85. The van der Waals surface area contributed by atoms with Gasteiger partial charge in [-0.2, -0.15) is 0 Å². The Balaban J connectivity index is 1.56. The average molecular weight is 304 g/mol. The highest BCUT2D eigenvalue weighted by molar-refractivity contribution is 5.84. The number of carbonyl (C=O) groups is 2. The number of aryl methyl sites for hydroxylation is 1. The fourth-order valence-corrected chi connectivity index (χ4v) is 3.54. The molecule has 1 saturated carbocycles. The Kier molecular flexibility index (Phi) is 4.45. The van der Waals surface area contributed by atoms with Gasteiger partial charge >= 0.3 is 0 Å². The van der Waals surface area contributed by atoms with Crippen molar-refractivity contribution in [1.29, 1.82) is 0 Å². The molecule has 1 aromatic rings. The molecule has 120 valence electrons. The molecule has 2 aliphatic rings. The molecule has 0 unspecified atom stereocenters. The number of carbonyl (C=O) groups excluding carboxylic acids is 2. The van der Waals surface area contributed by atoms with Crippen LogP contribution in [0.1, 0.15) is 49.9 Å². The minimum atomic E-state index is -0.0856. The Labute approximate surface area is 130 Å². The molecule has 1 saturated heterocycles. The van der Waals surface area contributed by atoms with Crippen LogP contribution in [-0.2, 0) is 16.1 Å². The molecule has 1 aliphatic heterocycles. The summed E-state index contributed by atoms with van der Waals surface area (Å²) < 4.78 is 0. The first-order valence-electron chi connectivity index (χ1n) is 8.21. The number of H-pyrrole nitrogens is 1. The Bertz CT molecular complexity index is 548. The molecule has 6 heteroatoms. The number of aromatic amines is 1. The maximum atomic E-state index is 12.4. The van der Waals surface area contributed by atoms with Crippen LogP contribution in [0.2, 0.25) is 0 Å². The molecule has 1 aromatic heterocycles. The Hall–Kier alpha value is -1.85. The summed E-state index contributed by atoms with van der Waals surface area (Å²) in [7, 11) is 0. The van der Waals surface area contributed by atoms with E-state index in [1.165, 1.54) is 12.8 Å². The lowest BCUT2D eigenvalue weighted by Gasteiger charge is -2.36. The van der Waals surface area contributed by atoms with Gasteiger partial charge in [0.1, 0.15) is 0 Å². The first kappa shape index (κ1) is 15.1. The van der Waals surface area contributed by atoms with Crippen LogP contribution in [0, 0.1) is 12.8 Å². The van der Waals surface area contributed by atoms with Gasteiger partial charge < -0.3 is 15.2 Å². The Morgan fingerprint density at radius 2 is 2.18 bits per heavy atom. The molecule has 0 bridgehead atoms. The van der Waals surface area contributed by atoms with Crippen molar-refractivity contribution in [2.24, 2.45) is 5.92 Å². The molecule has 2 amide bonds. The number of rotatable bonds is 4. The molecule has 2 heterocycles. The highest BCUT2D eigenvalue weighted by Gasteiger charge is 2.35. The number of hydrogen-bond donors (Lipinski definition) is 2. The predicted molar refractivity (Wildman–Crippen MR) is 81.9 cm³/mol.